The van der Waals surface area contributed by atoms with Crippen LogP contribution in [0.2, 0.25) is 0 Å². The average molecular weight is 520 g/mol. The first kappa shape index (κ1) is 25.7. The molecule has 6 nitrogen and oxygen atoms in total. The van der Waals surface area contributed by atoms with Crippen LogP contribution in [0.1, 0.15) is 41.8 Å². The third kappa shape index (κ3) is 7.08. The monoisotopic (exact) mass is 519 g/mol. The third-order valence-electron chi connectivity index (χ3n) is 5.37. The highest BCUT2D eigenvalue weighted by molar-refractivity contribution is 8.00. The smallest absolute Gasteiger partial charge is 0.271 e. The predicted octanol–water partition coefficient (Wildman–Crippen LogP) is 6.79. The molecule has 4 aromatic rings. The minimum Gasteiger partial charge on any atom is -0.493 e. The number of nitrogens with one attached hydrogen (secondary N) is 1. The molecule has 0 saturated heterocycles. The number of thiazole rings is 1. The summed E-state index contributed by atoms with van der Waals surface area (Å²) in [6, 6.07) is 21.2. The van der Waals surface area contributed by atoms with Gasteiger partial charge in [-0.2, -0.15) is 5.10 Å². The first-order chi connectivity index (χ1) is 17.5. The van der Waals surface area contributed by atoms with Crippen molar-refractivity contribution in [3.8, 4) is 11.5 Å². The van der Waals surface area contributed by atoms with E-state index in [0.29, 0.717) is 29.6 Å². The molecule has 1 aromatic heterocycles. The number of para-hydroxylation sites is 1. The SMILES string of the molecule is COc1cc(/C=N\NC(=O)c2ccc(CSc3nc4ccccc4s3)cc2)ccc1OCCC(C)C. The second-order valence-electron chi connectivity index (χ2n) is 8.57. The molecule has 0 unspecified atom stereocenters. The van der Waals surface area contributed by atoms with Gasteiger partial charge in [0.1, 0.15) is 0 Å². The maximum atomic E-state index is 12.5. The van der Waals surface area contributed by atoms with Crippen LogP contribution in [0.5, 0.6) is 11.5 Å². The van der Waals surface area contributed by atoms with Gasteiger partial charge in [0.15, 0.2) is 15.8 Å². The summed E-state index contributed by atoms with van der Waals surface area (Å²) in [6.45, 7) is 4.96. The van der Waals surface area contributed by atoms with Gasteiger partial charge in [-0.25, -0.2) is 10.4 Å². The largest absolute Gasteiger partial charge is 0.493 e. The lowest BCUT2D eigenvalue weighted by Gasteiger charge is -2.12. The standard InChI is InChI=1S/C28H29N3O3S2/c1-19(2)14-15-34-24-13-10-21(16-25(24)33-3)17-29-31-27(32)22-11-8-20(9-12-22)18-35-28-30-23-6-4-5-7-26(23)36-28/h4-13,16-17,19H,14-15,18H2,1-3H3,(H,31,32)/b29-17-. The topological polar surface area (TPSA) is 72.8 Å². The number of ether oxygens (including phenoxy) is 2. The lowest BCUT2D eigenvalue weighted by Crippen LogP contribution is -2.17. The maximum Gasteiger partial charge on any atom is 0.271 e. The number of carbonyl (C=O) groups excluding carboxylic acids is 1. The third-order valence-corrected chi connectivity index (χ3v) is 7.62. The van der Waals surface area contributed by atoms with E-state index in [1.807, 2.05) is 60.7 Å². The van der Waals surface area contributed by atoms with E-state index in [0.717, 1.165) is 33.2 Å². The molecule has 0 saturated carbocycles. The van der Waals surface area contributed by atoms with E-state index >= 15 is 0 Å². The number of fused-ring (bicyclic) bond motifs is 1. The highest BCUT2D eigenvalue weighted by atomic mass is 32.2. The number of thioether (sulfide) groups is 1. The molecular formula is C28H29N3O3S2. The highest BCUT2D eigenvalue weighted by Gasteiger charge is 2.08. The fraction of sp³-hybridized carbons (Fsp3) is 0.250. The second kappa shape index (κ2) is 12.6. The molecule has 0 aliphatic carbocycles. The molecule has 8 heteroatoms. The number of nitrogens with zero attached hydrogens (tertiary/aromatic N) is 2. The van der Waals surface area contributed by atoms with Crippen molar-refractivity contribution in [3.05, 3.63) is 83.4 Å². The zero-order valence-electron chi connectivity index (χ0n) is 20.6. The van der Waals surface area contributed by atoms with Crippen molar-refractivity contribution < 1.29 is 14.3 Å². The van der Waals surface area contributed by atoms with Gasteiger partial charge in [-0.05, 0) is 65.9 Å². The van der Waals surface area contributed by atoms with Crippen LogP contribution in [0.3, 0.4) is 0 Å². The molecule has 1 amide bonds. The number of methoxy groups -OCH3 is 1. The Morgan fingerprint density at radius 2 is 1.92 bits per heavy atom. The Hall–Kier alpha value is -3.36. The van der Waals surface area contributed by atoms with Crippen LogP contribution in [-0.4, -0.2) is 30.8 Å². The zero-order valence-corrected chi connectivity index (χ0v) is 22.2. The van der Waals surface area contributed by atoms with E-state index < -0.39 is 0 Å². The Kier molecular flexibility index (Phi) is 8.97. The molecule has 1 N–H and O–H groups in total. The summed E-state index contributed by atoms with van der Waals surface area (Å²) < 4.78 is 13.5. The summed E-state index contributed by atoms with van der Waals surface area (Å²) in [6.07, 6.45) is 2.56. The van der Waals surface area contributed by atoms with Crippen LogP contribution in [0.25, 0.3) is 10.2 Å². The van der Waals surface area contributed by atoms with Crippen molar-refractivity contribution in [3.63, 3.8) is 0 Å². The van der Waals surface area contributed by atoms with Gasteiger partial charge >= 0.3 is 0 Å². The fourth-order valence-corrected chi connectivity index (χ4v) is 5.35. The minimum atomic E-state index is -0.266. The number of hydrogen-bond acceptors (Lipinski definition) is 7. The first-order valence-electron chi connectivity index (χ1n) is 11.7. The molecule has 3 aromatic carbocycles. The summed E-state index contributed by atoms with van der Waals surface area (Å²) in [5.41, 5.74) is 6.09. The van der Waals surface area contributed by atoms with Crippen molar-refractivity contribution in [2.45, 2.75) is 30.4 Å². The summed E-state index contributed by atoms with van der Waals surface area (Å²) in [7, 11) is 1.61. The second-order valence-corrected chi connectivity index (χ2v) is 10.8. The van der Waals surface area contributed by atoms with Crippen LogP contribution in [0, 0.1) is 5.92 Å². The number of carbonyl (C=O) groups is 1. The van der Waals surface area contributed by atoms with E-state index in [1.165, 1.54) is 4.70 Å². The Labute approximate surface area is 219 Å². The van der Waals surface area contributed by atoms with Gasteiger partial charge in [0.25, 0.3) is 5.91 Å². The number of amides is 1. The van der Waals surface area contributed by atoms with Crippen LogP contribution < -0.4 is 14.9 Å². The number of hydrazone groups is 1. The number of rotatable bonds is 11. The molecule has 0 fully saturated rings. The Bertz CT molecular complexity index is 1300. The van der Waals surface area contributed by atoms with Crippen molar-refractivity contribution in [2.24, 2.45) is 11.0 Å². The lowest BCUT2D eigenvalue weighted by atomic mass is 10.1. The molecule has 0 atom stereocenters. The van der Waals surface area contributed by atoms with E-state index in [-0.39, 0.29) is 5.91 Å². The molecule has 0 aliphatic rings. The molecule has 0 spiro atoms. The summed E-state index contributed by atoms with van der Waals surface area (Å²) in [5.74, 6) is 2.43. The van der Waals surface area contributed by atoms with Gasteiger partial charge in [0, 0.05) is 11.3 Å². The van der Waals surface area contributed by atoms with Crippen LogP contribution in [0.15, 0.2) is 76.2 Å². The summed E-state index contributed by atoms with van der Waals surface area (Å²) in [5, 5.41) is 4.10. The molecule has 186 valence electrons. The quantitative estimate of drug-likeness (QED) is 0.134. The number of benzene rings is 3. The Morgan fingerprint density at radius 1 is 1.11 bits per heavy atom. The molecule has 0 aliphatic heterocycles. The van der Waals surface area contributed by atoms with Crippen molar-refractivity contribution in [2.75, 3.05) is 13.7 Å². The van der Waals surface area contributed by atoms with Crippen molar-refractivity contribution in [1.29, 1.82) is 0 Å². The highest BCUT2D eigenvalue weighted by Crippen LogP contribution is 2.31. The predicted molar refractivity (Wildman–Crippen MR) is 149 cm³/mol. The normalized spacial score (nSPS) is 11.3. The molecular weight excluding hydrogens is 490 g/mol. The Morgan fingerprint density at radius 3 is 2.67 bits per heavy atom. The first-order valence-corrected chi connectivity index (χ1v) is 13.5. The van der Waals surface area contributed by atoms with E-state index in [4.69, 9.17) is 9.47 Å². The maximum absolute atomic E-state index is 12.5. The van der Waals surface area contributed by atoms with Gasteiger partial charge in [0.2, 0.25) is 0 Å². The van der Waals surface area contributed by atoms with Gasteiger partial charge in [-0.3, -0.25) is 4.79 Å². The van der Waals surface area contributed by atoms with Gasteiger partial charge in [0.05, 0.1) is 30.1 Å². The van der Waals surface area contributed by atoms with Crippen molar-refractivity contribution >= 4 is 45.4 Å². The number of hydrogen-bond donors (Lipinski definition) is 1. The molecule has 1 heterocycles. The van der Waals surface area contributed by atoms with Gasteiger partial charge in [-0.15, -0.1) is 11.3 Å². The number of aromatic nitrogens is 1. The summed E-state index contributed by atoms with van der Waals surface area (Å²) >= 11 is 3.39. The van der Waals surface area contributed by atoms with Crippen LogP contribution in [0.4, 0.5) is 0 Å². The zero-order chi connectivity index (χ0) is 25.3. The lowest BCUT2D eigenvalue weighted by molar-refractivity contribution is 0.0955. The van der Waals surface area contributed by atoms with Crippen LogP contribution in [-0.2, 0) is 5.75 Å². The molecule has 0 bridgehead atoms. The fourth-order valence-electron chi connectivity index (χ4n) is 3.33. The van der Waals surface area contributed by atoms with E-state index in [9.17, 15) is 4.79 Å². The Balaban J connectivity index is 1.28. The molecule has 36 heavy (non-hydrogen) atoms. The summed E-state index contributed by atoms with van der Waals surface area (Å²) in [4.78, 5) is 17.1. The van der Waals surface area contributed by atoms with Crippen molar-refractivity contribution in [1.82, 2.24) is 10.4 Å². The van der Waals surface area contributed by atoms with E-state index in [2.05, 4.69) is 35.4 Å². The average Bonchev–Trinajstić information content (AvgIpc) is 3.31. The van der Waals surface area contributed by atoms with E-state index in [1.54, 1.807) is 36.4 Å². The van der Waals surface area contributed by atoms with Gasteiger partial charge in [-0.1, -0.05) is 49.9 Å². The van der Waals surface area contributed by atoms with Gasteiger partial charge < -0.3 is 9.47 Å². The molecule has 0 radical (unpaired) electrons. The minimum absolute atomic E-state index is 0.266. The molecule has 4 rings (SSSR count). The van der Waals surface area contributed by atoms with Crippen LogP contribution >= 0.6 is 23.1 Å².